The summed E-state index contributed by atoms with van der Waals surface area (Å²) in [6.07, 6.45) is 0.791. The van der Waals surface area contributed by atoms with Crippen molar-refractivity contribution in [2.24, 2.45) is 0 Å². The Hall–Kier alpha value is -2.08. The van der Waals surface area contributed by atoms with E-state index in [1.807, 2.05) is 0 Å². The summed E-state index contributed by atoms with van der Waals surface area (Å²) in [6.45, 7) is 0.375. The highest BCUT2D eigenvalue weighted by atomic mass is 16.3. The molecule has 1 aromatic carbocycles. The van der Waals surface area contributed by atoms with E-state index in [0.717, 1.165) is 5.56 Å². The fraction of sp³-hybridized carbons (Fsp3) is 0.333. The van der Waals surface area contributed by atoms with Gasteiger partial charge in [-0.15, -0.1) is 0 Å². The summed E-state index contributed by atoms with van der Waals surface area (Å²) >= 11 is 0. The lowest BCUT2D eigenvalue weighted by molar-refractivity contribution is -0.134. The number of phenolic OH excluding ortho intramolecular Hbond substituents is 2. The highest BCUT2D eigenvalue weighted by Gasteiger charge is 2.25. The Morgan fingerprint density at radius 3 is 2.72 bits per heavy atom. The van der Waals surface area contributed by atoms with Crippen LogP contribution in [0.4, 0.5) is 0 Å². The SMILES string of the molecule is O=C1CCC(NCc2ccc(O)c(O)c2)C(=O)N1. The van der Waals surface area contributed by atoms with Crippen molar-refractivity contribution in [1.29, 1.82) is 0 Å². The molecule has 0 bridgehead atoms. The molecule has 4 N–H and O–H groups in total. The molecule has 1 aliphatic heterocycles. The zero-order valence-corrected chi connectivity index (χ0v) is 9.64. The van der Waals surface area contributed by atoms with Crippen molar-refractivity contribution in [3.05, 3.63) is 23.8 Å². The van der Waals surface area contributed by atoms with E-state index in [9.17, 15) is 14.7 Å². The Kier molecular flexibility index (Phi) is 3.47. The Balaban J connectivity index is 1.93. The number of benzene rings is 1. The van der Waals surface area contributed by atoms with Crippen LogP contribution in [0, 0.1) is 0 Å². The van der Waals surface area contributed by atoms with Crippen LogP contribution in [0.2, 0.25) is 0 Å². The van der Waals surface area contributed by atoms with Gasteiger partial charge in [-0.05, 0) is 24.1 Å². The molecule has 1 unspecified atom stereocenters. The van der Waals surface area contributed by atoms with Gasteiger partial charge in [-0.3, -0.25) is 14.9 Å². The first-order valence-electron chi connectivity index (χ1n) is 5.64. The number of imide groups is 1. The van der Waals surface area contributed by atoms with Gasteiger partial charge in [-0.2, -0.15) is 0 Å². The second kappa shape index (κ2) is 5.05. The molecular formula is C12H14N2O4. The van der Waals surface area contributed by atoms with Crippen molar-refractivity contribution in [3.63, 3.8) is 0 Å². The number of aromatic hydroxyl groups is 2. The van der Waals surface area contributed by atoms with Gasteiger partial charge in [0, 0.05) is 13.0 Å². The molecule has 1 heterocycles. The topological polar surface area (TPSA) is 98.7 Å². The summed E-state index contributed by atoms with van der Waals surface area (Å²) in [5.41, 5.74) is 0.745. The summed E-state index contributed by atoms with van der Waals surface area (Å²) in [7, 11) is 0. The zero-order valence-electron chi connectivity index (χ0n) is 9.64. The van der Waals surface area contributed by atoms with Crippen LogP contribution in [-0.2, 0) is 16.1 Å². The molecule has 1 aromatic rings. The van der Waals surface area contributed by atoms with Crippen molar-refractivity contribution in [2.75, 3.05) is 0 Å². The number of amides is 2. The first-order valence-corrected chi connectivity index (χ1v) is 5.64. The van der Waals surface area contributed by atoms with E-state index in [4.69, 9.17) is 5.11 Å². The minimum Gasteiger partial charge on any atom is -0.504 e. The number of phenols is 2. The van der Waals surface area contributed by atoms with Gasteiger partial charge in [-0.1, -0.05) is 6.07 Å². The highest BCUT2D eigenvalue weighted by Crippen LogP contribution is 2.24. The molecule has 96 valence electrons. The number of carbonyl (C=O) groups is 2. The van der Waals surface area contributed by atoms with Crippen LogP contribution in [-0.4, -0.2) is 28.1 Å². The van der Waals surface area contributed by atoms with Gasteiger partial charge in [0.1, 0.15) is 0 Å². The molecular weight excluding hydrogens is 236 g/mol. The molecule has 0 saturated carbocycles. The molecule has 0 spiro atoms. The normalized spacial score (nSPS) is 19.7. The maximum Gasteiger partial charge on any atom is 0.243 e. The van der Waals surface area contributed by atoms with Gasteiger partial charge in [0.15, 0.2) is 11.5 Å². The van der Waals surface area contributed by atoms with Crippen LogP contribution in [0.25, 0.3) is 0 Å². The summed E-state index contributed by atoms with van der Waals surface area (Å²) in [4.78, 5) is 22.4. The fourth-order valence-electron chi connectivity index (χ4n) is 1.81. The van der Waals surface area contributed by atoms with Crippen molar-refractivity contribution in [3.8, 4) is 11.5 Å². The molecule has 2 rings (SSSR count). The van der Waals surface area contributed by atoms with Gasteiger partial charge in [0.05, 0.1) is 6.04 Å². The van der Waals surface area contributed by atoms with Crippen molar-refractivity contribution in [1.82, 2.24) is 10.6 Å². The van der Waals surface area contributed by atoms with E-state index in [0.29, 0.717) is 19.4 Å². The zero-order chi connectivity index (χ0) is 13.1. The van der Waals surface area contributed by atoms with Crippen LogP contribution in [0.1, 0.15) is 18.4 Å². The summed E-state index contributed by atoms with van der Waals surface area (Å²) in [5, 5.41) is 23.7. The van der Waals surface area contributed by atoms with E-state index < -0.39 is 6.04 Å². The minimum absolute atomic E-state index is 0.181. The predicted molar refractivity (Wildman–Crippen MR) is 62.8 cm³/mol. The molecule has 1 fully saturated rings. The Bertz CT molecular complexity index is 487. The highest BCUT2D eigenvalue weighted by molar-refractivity contribution is 6.00. The average molecular weight is 250 g/mol. The molecule has 6 nitrogen and oxygen atoms in total. The van der Waals surface area contributed by atoms with Crippen molar-refractivity contribution < 1.29 is 19.8 Å². The average Bonchev–Trinajstić information content (AvgIpc) is 2.32. The molecule has 1 aliphatic rings. The maximum absolute atomic E-state index is 11.5. The second-order valence-electron chi connectivity index (χ2n) is 4.21. The van der Waals surface area contributed by atoms with E-state index in [2.05, 4.69) is 10.6 Å². The third kappa shape index (κ3) is 2.78. The predicted octanol–water partition coefficient (Wildman–Crippen LogP) is -0.00740. The standard InChI is InChI=1S/C12H14N2O4/c15-9-3-1-7(5-10(9)16)6-13-8-2-4-11(17)14-12(8)18/h1,3,5,8,13,15-16H,2,4,6H2,(H,14,17,18). The molecule has 1 saturated heterocycles. The third-order valence-corrected chi connectivity index (χ3v) is 2.83. The van der Waals surface area contributed by atoms with Gasteiger partial charge in [-0.25, -0.2) is 0 Å². The molecule has 6 heteroatoms. The van der Waals surface area contributed by atoms with Gasteiger partial charge in [0.25, 0.3) is 0 Å². The molecule has 0 aromatic heterocycles. The summed E-state index contributed by atoms with van der Waals surface area (Å²) in [6, 6.07) is 4.05. The number of carbonyl (C=O) groups excluding carboxylic acids is 2. The Morgan fingerprint density at radius 2 is 2.06 bits per heavy atom. The first-order chi connectivity index (χ1) is 8.56. The number of rotatable bonds is 3. The van der Waals surface area contributed by atoms with Crippen molar-refractivity contribution in [2.45, 2.75) is 25.4 Å². The summed E-state index contributed by atoms with van der Waals surface area (Å²) < 4.78 is 0. The van der Waals surface area contributed by atoms with E-state index in [-0.39, 0.29) is 23.3 Å². The minimum atomic E-state index is -0.404. The van der Waals surface area contributed by atoms with Gasteiger partial charge >= 0.3 is 0 Å². The molecule has 0 radical (unpaired) electrons. The summed E-state index contributed by atoms with van der Waals surface area (Å²) in [5.74, 6) is -0.952. The molecule has 18 heavy (non-hydrogen) atoms. The van der Waals surface area contributed by atoms with Gasteiger partial charge < -0.3 is 15.5 Å². The van der Waals surface area contributed by atoms with Crippen molar-refractivity contribution >= 4 is 11.8 Å². The Morgan fingerprint density at radius 1 is 1.28 bits per heavy atom. The lowest BCUT2D eigenvalue weighted by Crippen LogP contribution is -2.50. The largest absolute Gasteiger partial charge is 0.504 e. The quantitative estimate of drug-likeness (QED) is 0.447. The number of hydrogen-bond donors (Lipinski definition) is 4. The van der Waals surface area contributed by atoms with Crippen LogP contribution in [0.3, 0.4) is 0 Å². The number of hydrogen-bond acceptors (Lipinski definition) is 5. The Labute approximate surface area is 104 Å². The maximum atomic E-state index is 11.5. The lowest BCUT2D eigenvalue weighted by Gasteiger charge is -2.21. The molecule has 0 aliphatic carbocycles. The lowest BCUT2D eigenvalue weighted by atomic mass is 10.1. The second-order valence-corrected chi connectivity index (χ2v) is 4.21. The van der Waals surface area contributed by atoms with Gasteiger partial charge in [0.2, 0.25) is 11.8 Å². The monoisotopic (exact) mass is 250 g/mol. The van der Waals surface area contributed by atoms with Crippen LogP contribution < -0.4 is 10.6 Å². The molecule has 2 amide bonds. The van der Waals surface area contributed by atoms with E-state index in [1.165, 1.54) is 12.1 Å². The fourth-order valence-corrected chi connectivity index (χ4v) is 1.81. The van der Waals surface area contributed by atoms with E-state index in [1.54, 1.807) is 6.07 Å². The van der Waals surface area contributed by atoms with Crippen LogP contribution in [0.15, 0.2) is 18.2 Å². The molecule has 1 atom stereocenters. The van der Waals surface area contributed by atoms with Crippen LogP contribution in [0.5, 0.6) is 11.5 Å². The number of piperidine rings is 1. The number of nitrogens with one attached hydrogen (secondary N) is 2. The third-order valence-electron chi connectivity index (χ3n) is 2.83. The van der Waals surface area contributed by atoms with E-state index >= 15 is 0 Å². The first kappa shape index (κ1) is 12.4. The smallest absolute Gasteiger partial charge is 0.243 e. The van der Waals surface area contributed by atoms with Crippen LogP contribution >= 0.6 is 0 Å².